The van der Waals surface area contributed by atoms with Crippen molar-refractivity contribution in [2.75, 3.05) is 0 Å². The summed E-state index contributed by atoms with van der Waals surface area (Å²) < 4.78 is 1.91. The van der Waals surface area contributed by atoms with Crippen LogP contribution in [0.5, 0.6) is 0 Å². The summed E-state index contributed by atoms with van der Waals surface area (Å²) in [6, 6.07) is 10.1. The smallest absolute Gasteiger partial charge is 0.143 e. The maximum Gasteiger partial charge on any atom is 0.143 e. The molecule has 0 aliphatic carbocycles. The number of aromatic nitrogens is 2. The number of rotatable bonds is 5. The van der Waals surface area contributed by atoms with Gasteiger partial charge < -0.3 is 0 Å². The van der Waals surface area contributed by atoms with Crippen LogP contribution in [-0.4, -0.2) is 15.6 Å². The van der Waals surface area contributed by atoms with Crippen molar-refractivity contribution in [2.24, 2.45) is 0 Å². The Balaban J connectivity index is 2.05. The highest BCUT2D eigenvalue weighted by Crippen LogP contribution is 2.09. The molecule has 100 valence electrons. The molecular weight excluding hydrogens is 236 g/mol. The number of carbonyl (C=O) groups is 1. The number of aryl methyl sites for hydroxylation is 3. The van der Waals surface area contributed by atoms with Crippen molar-refractivity contribution in [3.05, 3.63) is 52.8 Å². The van der Waals surface area contributed by atoms with Crippen LogP contribution in [0.1, 0.15) is 29.4 Å². The molecule has 0 saturated heterocycles. The molecule has 0 fully saturated rings. The van der Waals surface area contributed by atoms with Gasteiger partial charge >= 0.3 is 0 Å². The van der Waals surface area contributed by atoms with E-state index < -0.39 is 0 Å². The zero-order chi connectivity index (χ0) is 13.8. The number of ketones is 1. The van der Waals surface area contributed by atoms with Crippen LogP contribution in [0.3, 0.4) is 0 Å². The number of nitrogens with zero attached hydrogens (tertiary/aromatic N) is 2. The van der Waals surface area contributed by atoms with Crippen LogP contribution in [0.15, 0.2) is 30.3 Å². The normalized spacial score (nSPS) is 10.7. The summed E-state index contributed by atoms with van der Waals surface area (Å²) in [5, 5.41) is 4.37. The predicted octanol–water partition coefficient (Wildman–Crippen LogP) is 2.87. The standard InChI is InChI=1S/C16H20N2O/c1-4-18-15(9-13(3)17-18)11-16(19)10-14-7-5-6-12(2)8-14/h5-9H,4,10-11H2,1-3H3. The molecule has 3 nitrogen and oxygen atoms in total. The predicted molar refractivity (Wildman–Crippen MR) is 76.2 cm³/mol. The lowest BCUT2D eigenvalue weighted by Gasteiger charge is -2.05. The van der Waals surface area contributed by atoms with E-state index >= 15 is 0 Å². The van der Waals surface area contributed by atoms with E-state index in [2.05, 4.69) is 11.2 Å². The largest absolute Gasteiger partial charge is 0.299 e. The Bertz CT molecular complexity index is 584. The zero-order valence-corrected chi connectivity index (χ0v) is 11.8. The van der Waals surface area contributed by atoms with Gasteiger partial charge in [-0.25, -0.2) is 0 Å². The molecule has 0 saturated carbocycles. The van der Waals surface area contributed by atoms with Gasteiger partial charge in [-0.1, -0.05) is 29.8 Å². The first-order valence-electron chi connectivity index (χ1n) is 6.69. The second-order valence-corrected chi connectivity index (χ2v) is 4.97. The van der Waals surface area contributed by atoms with Gasteiger partial charge in [-0.15, -0.1) is 0 Å². The Kier molecular flexibility index (Phi) is 4.15. The molecule has 1 aromatic heterocycles. The van der Waals surface area contributed by atoms with Crippen LogP contribution in [0.2, 0.25) is 0 Å². The molecule has 0 N–H and O–H groups in total. The van der Waals surface area contributed by atoms with E-state index in [4.69, 9.17) is 0 Å². The zero-order valence-electron chi connectivity index (χ0n) is 11.8. The lowest BCUT2D eigenvalue weighted by Crippen LogP contribution is -2.11. The van der Waals surface area contributed by atoms with Gasteiger partial charge in [0.25, 0.3) is 0 Å². The van der Waals surface area contributed by atoms with Gasteiger partial charge in [-0.3, -0.25) is 9.48 Å². The highest BCUT2D eigenvalue weighted by Gasteiger charge is 2.10. The lowest BCUT2D eigenvalue weighted by molar-refractivity contribution is -0.117. The number of Topliss-reactive ketones (excluding diaryl/α,β-unsaturated/α-hetero) is 1. The number of carbonyl (C=O) groups excluding carboxylic acids is 1. The van der Waals surface area contributed by atoms with E-state index in [9.17, 15) is 4.79 Å². The van der Waals surface area contributed by atoms with E-state index in [0.717, 1.165) is 23.5 Å². The summed E-state index contributed by atoms with van der Waals surface area (Å²) in [4.78, 5) is 12.1. The second-order valence-electron chi connectivity index (χ2n) is 4.97. The van der Waals surface area contributed by atoms with E-state index in [-0.39, 0.29) is 5.78 Å². The number of benzene rings is 1. The Morgan fingerprint density at radius 1 is 1.21 bits per heavy atom. The number of hydrogen-bond acceptors (Lipinski definition) is 2. The van der Waals surface area contributed by atoms with Crippen molar-refractivity contribution in [3.63, 3.8) is 0 Å². The average Bonchev–Trinajstić information content (AvgIpc) is 2.69. The molecule has 0 atom stereocenters. The molecule has 0 unspecified atom stereocenters. The fraction of sp³-hybridized carbons (Fsp3) is 0.375. The maximum atomic E-state index is 12.1. The molecule has 0 aliphatic rings. The highest BCUT2D eigenvalue weighted by atomic mass is 16.1. The maximum absolute atomic E-state index is 12.1. The molecule has 0 bridgehead atoms. The van der Waals surface area contributed by atoms with Crippen LogP contribution in [-0.2, 0) is 24.2 Å². The Hall–Kier alpha value is -1.90. The first-order chi connectivity index (χ1) is 9.08. The van der Waals surface area contributed by atoms with E-state index in [1.54, 1.807) is 0 Å². The topological polar surface area (TPSA) is 34.9 Å². The van der Waals surface area contributed by atoms with Crippen LogP contribution < -0.4 is 0 Å². The molecule has 0 radical (unpaired) electrons. The molecule has 19 heavy (non-hydrogen) atoms. The van der Waals surface area contributed by atoms with Crippen LogP contribution in [0.25, 0.3) is 0 Å². The Labute approximate surface area is 114 Å². The van der Waals surface area contributed by atoms with Crippen molar-refractivity contribution < 1.29 is 4.79 Å². The summed E-state index contributed by atoms with van der Waals surface area (Å²) in [6.07, 6.45) is 0.957. The van der Waals surface area contributed by atoms with Gasteiger partial charge in [0.15, 0.2) is 0 Å². The molecule has 2 rings (SSSR count). The SMILES string of the molecule is CCn1nc(C)cc1CC(=O)Cc1cccc(C)c1. The van der Waals surface area contributed by atoms with Gasteiger partial charge in [0.2, 0.25) is 0 Å². The van der Waals surface area contributed by atoms with E-state index in [1.165, 1.54) is 5.56 Å². The summed E-state index contributed by atoms with van der Waals surface area (Å²) >= 11 is 0. The fourth-order valence-corrected chi connectivity index (χ4v) is 2.33. The van der Waals surface area contributed by atoms with Crippen molar-refractivity contribution >= 4 is 5.78 Å². The van der Waals surface area contributed by atoms with Gasteiger partial charge in [-0.05, 0) is 32.4 Å². The Morgan fingerprint density at radius 2 is 2.00 bits per heavy atom. The molecule has 0 spiro atoms. The minimum absolute atomic E-state index is 0.236. The van der Waals surface area contributed by atoms with Crippen LogP contribution in [0, 0.1) is 13.8 Å². The van der Waals surface area contributed by atoms with Gasteiger partial charge in [-0.2, -0.15) is 5.10 Å². The molecular formula is C16H20N2O. The highest BCUT2D eigenvalue weighted by molar-refractivity contribution is 5.82. The third-order valence-electron chi connectivity index (χ3n) is 3.15. The first kappa shape index (κ1) is 13.5. The fourth-order valence-electron chi connectivity index (χ4n) is 2.33. The molecule has 1 aromatic carbocycles. The third-order valence-corrected chi connectivity index (χ3v) is 3.15. The monoisotopic (exact) mass is 256 g/mol. The van der Waals surface area contributed by atoms with Crippen molar-refractivity contribution in [1.82, 2.24) is 9.78 Å². The van der Waals surface area contributed by atoms with Gasteiger partial charge in [0, 0.05) is 25.1 Å². The third kappa shape index (κ3) is 3.53. The second kappa shape index (κ2) is 5.83. The van der Waals surface area contributed by atoms with Crippen molar-refractivity contribution in [2.45, 2.75) is 40.2 Å². The summed E-state index contributed by atoms with van der Waals surface area (Å²) in [6.45, 7) is 6.85. The molecule has 3 heteroatoms. The summed E-state index contributed by atoms with van der Waals surface area (Å²) in [7, 11) is 0. The average molecular weight is 256 g/mol. The van der Waals surface area contributed by atoms with Gasteiger partial charge in [0.1, 0.15) is 5.78 Å². The molecule has 2 aromatic rings. The summed E-state index contributed by atoms with van der Waals surface area (Å²) in [5.74, 6) is 0.236. The minimum atomic E-state index is 0.236. The lowest BCUT2D eigenvalue weighted by atomic mass is 10.0. The van der Waals surface area contributed by atoms with Crippen molar-refractivity contribution in [1.29, 1.82) is 0 Å². The molecule has 0 amide bonds. The first-order valence-corrected chi connectivity index (χ1v) is 6.69. The molecule has 0 aliphatic heterocycles. The Morgan fingerprint density at radius 3 is 2.68 bits per heavy atom. The van der Waals surface area contributed by atoms with Crippen LogP contribution in [0.4, 0.5) is 0 Å². The van der Waals surface area contributed by atoms with E-state index in [1.807, 2.05) is 49.7 Å². The van der Waals surface area contributed by atoms with Crippen LogP contribution >= 0.6 is 0 Å². The van der Waals surface area contributed by atoms with Crippen molar-refractivity contribution in [3.8, 4) is 0 Å². The molecule has 1 heterocycles. The minimum Gasteiger partial charge on any atom is -0.299 e. The summed E-state index contributed by atoms with van der Waals surface area (Å²) in [5.41, 5.74) is 4.27. The van der Waals surface area contributed by atoms with E-state index in [0.29, 0.717) is 12.8 Å². The van der Waals surface area contributed by atoms with Gasteiger partial charge in [0.05, 0.1) is 5.69 Å². The number of hydrogen-bond donors (Lipinski definition) is 0. The quantitative estimate of drug-likeness (QED) is 0.824.